The molecule has 2 bridgehead atoms. The fraction of sp³-hybridized carbons (Fsp3) is 0.737. The standard InChI is InChI=1S/C15H25N3.2C2H4O2.Cu/c1-10-12-7-11(15(12,2)3)8-13(10)17-9-14-16-5-6-18(14)4;2*1-2(3)4;/h5-6,10-13,17H,7-9H2,1-4H3;2*1H3,(H,3,4);/q;;;+2/p-2/t10-,11+,12-,13-;;;/m0.../s1. The molecule has 0 unspecified atom stereocenters. The van der Waals surface area contributed by atoms with Crippen LogP contribution in [0.2, 0.25) is 0 Å². The molecule has 3 saturated carbocycles. The summed E-state index contributed by atoms with van der Waals surface area (Å²) in [5, 5.41) is 21.5. The summed E-state index contributed by atoms with van der Waals surface area (Å²) in [7, 11) is 2.06. The number of carboxylic acids is 2. The molecule has 4 atom stereocenters. The van der Waals surface area contributed by atoms with Crippen LogP contribution in [0.5, 0.6) is 0 Å². The van der Waals surface area contributed by atoms with E-state index in [9.17, 15) is 0 Å². The number of carboxylic acid groups (broad SMARTS) is 2. The minimum Gasteiger partial charge on any atom is -0.550 e. The first-order chi connectivity index (χ1) is 12.0. The van der Waals surface area contributed by atoms with Crippen LogP contribution >= 0.6 is 0 Å². The Morgan fingerprint density at radius 2 is 1.78 bits per heavy atom. The summed E-state index contributed by atoms with van der Waals surface area (Å²) in [4.78, 5) is 22.2. The minimum absolute atomic E-state index is 0. The van der Waals surface area contributed by atoms with Crippen LogP contribution < -0.4 is 15.5 Å². The zero-order chi connectivity index (χ0) is 20.1. The number of carbonyl (C=O) groups is 2. The maximum absolute atomic E-state index is 8.89. The number of nitrogens with zero attached hydrogens (tertiary/aromatic N) is 2. The number of nitrogens with one attached hydrogen (secondary N) is 1. The Morgan fingerprint density at radius 1 is 1.26 bits per heavy atom. The first kappa shape index (κ1) is 25.6. The third-order valence-corrected chi connectivity index (χ3v) is 5.80. The summed E-state index contributed by atoms with van der Waals surface area (Å²) >= 11 is 0. The second kappa shape index (κ2) is 10.8. The van der Waals surface area contributed by atoms with Crippen molar-refractivity contribution in [3.05, 3.63) is 18.2 Å². The van der Waals surface area contributed by atoms with Crippen LogP contribution in [0.4, 0.5) is 0 Å². The van der Waals surface area contributed by atoms with E-state index < -0.39 is 11.9 Å². The third-order valence-electron chi connectivity index (χ3n) is 5.80. The van der Waals surface area contributed by atoms with Gasteiger partial charge in [-0.3, -0.25) is 0 Å². The molecule has 1 radical (unpaired) electrons. The van der Waals surface area contributed by atoms with E-state index in [0.29, 0.717) is 11.5 Å². The van der Waals surface area contributed by atoms with Gasteiger partial charge in [0.1, 0.15) is 5.82 Å². The molecular formula is C19H31CuN3O4. The zero-order valence-corrected chi connectivity index (χ0v) is 17.9. The van der Waals surface area contributed by atoms with Crippen molar-refractivity contribution in [2.45, 2.75) is 60.0 Å². The van der Waals surface area contributed by atoms with Gasteiger partial charge in [-0.2, -0.15) is 0 Å². The van der Waals surface area contributed by atoms with Crippen molar-refractivity contribution in [1.82, 2.24) is 14.9 Å². The number of hydrogen-bond acceptors (Lipinski definition) is 6. The summed E-state index contributed by atoms with van der Waals surface area (Å²) in [6.45, 7) is 10.2. The van der Waals surface area contributed by atoms with E-state index in [-0.39, 0.29) is 17.1 Å². The Morgan fingerprint density at radius 3 is 2.15 bits per heavy atom. The van der Waals surface area contributed by atoms with Crippen molar-refractivity contribution in [3.63, 3.8) is 0 Å². The molecule has 1 aromatic heterocycles. The second-order valence-corrected chi connectivity index (χ2v) is 7.88. The average Bonchev–Trinajstić information content (AvgIpc) is 2.89. The summed E-state index contributed by atoms with van der Waals surface area (Å²) in [6, 6.07) is 0.679. The molecule has 157 valence electrons. The van der Waals surface area contributed by atoms with Gasteiger partial charge in [0.2, 0.25) is 0 Å². The monoisotopic (exact) mass is 428 g/mol. The van der Waals surface area contributed by atoms with Crippen LogP contribution in [-0.4, -0.2) is 27.5 Å². The number of aromatic nitrogens is 2. The molecule has 4 rings (SSSR count). The van der Waals surface area contributed by atoms with Gasteiger partial charge < -0.3 is 29.7 Å². The van der Waals surface area contributed by atoms with Crippen LogP contribution in [0, 0.1) is 23.2 Å². The maximum Gasteiger partial charge on any atom is 2.00 e. The van der Waals surface area contributed by atoms with Crippen molar-refractivity contribution in [2.75, 3.05) is 0 Å². The first-order valence-corrected chi connectivity index (χ1v) is 9.01. The Hall–Kier alpha value is -1.37. The van der Waals surface area contributed by atoms with Gasteiger partial charge in [-0.25, -0.2) is 4.98 Å². The molecule has 3 aliphatic carbocycles. The van der Waals surface area contributed by atoms with Crippen molar-refractivity contribution >= 4 is 11.9 Å². The molecule has 7 nitrogen and oxygen atoms in total. The number of hydrogen-bond donors (Lipinski definition) is 1. The van der Waals surface area contributed by atoms with Gasteiger partial charge in [0.05, 0.1) is 6.54 Å². The van der Waals surface area contributed by atoms with Crippen LogP contribution in [0.25, 0.3) is 0 Å². The SMILES string of the molecule is CC(=O)[O-].CC(=O)[O-].C[C@@H]1[C@@H](NCc2nccn2C)C[C@H]2C[C@@H]1C2(C)C.[Cu+2]. The van der Waals surface area contributed by atoms with Crippen molar-refractivity contribution in [2.24, 2.45) is 30.2 Å². The largest absolute Gasteiger partial charge is 2.00 e. The Kier molecular flexibility index (Phi) is 10.3. The van der Waals surface area contributed by atoms with Crippen LogP contribution in [-0.2, 0) is 40.3 Å². The number of fused-ring (bicyclic) bond motifs is 2. The van der Waals surface area contributed by atoms with Gasteiger partial charge in [-0.1, -0.05) is 20.8 Å². The molecule has 3 fully saturated rings. The predicted molar refractivity (Wildman–Crippen MR) is 94.4 cm³/mol. The van der Waals surface area contributed by atoms with Crippen molar-refractivity contribution < 1.29 is 36.9 Å². The zero-order valence-electron chi connectivity index (χ0n) is 16.9. The Balaban J connectivity index is 0.000000646. The quantitative estimate of drug-likeness (QED) is 0.683. The second-order valence-electron chi connectivity index (χ2n) is 7.88. The molecule has 0 aliphatic heterocycles. The van der Waals surface area contributed by atoms with Gasteiger partial charge in [-0.15, -0.1) is 0 Å². The molecule has 0 amide bonds. The molecule has 1 N–H and O–H groups in total. The molecule has 27 heavy (non-hydrogen) atoms. The average molecular weight is 429 g/mol. The van der Waals surface area contributed by atoms with Gasteiger partial charge in [-0.05, 0) is 49.9 Å². The van der Waals surface area contributed by atoms with E-state index in [0.717, 1.165) is 44.0 Å². The van der Waals surface area contributed by atoms with Crippen LogP contribution in [0.1, 0.15) is 53.3 Å². The van der Waals surface area contributed by atoms with E-state index in [2.05, 4.69) is 42.7 Å². The Labute approximate surface area is 172 Å². The number of aryl methyl sites for hydroxylation is 1. The third kappa shape index (κ3) is 7.28. The number of imidazole rings is 1. The van der Waals surface area contributed by atoms with Gasteiger partial charge in [0.25, 0.3) is 0 Å². The van der Waals surface area contributed by atoms with Gasteiger partial charge in [0, 0.05) is 37.4 Å². The summed E-state index contributed by atoms with van der Waals surface area (Å²) in [5.74, 6) is 1.61. The summed E-state index contributed by atoms with van der Waals surface area (Å²) < 4.78 is 2.10. The molecule has 1 aromatic rings. The van der Waals surface area contributed by atoms with Crippen LogP contribution in [0.15, 0.2) is 12.4 Å². The topological polar surface area (TPSA) is 110 Å². The molecule has 0 aromatic carbocycles. The predicted octanol–water partition coefficient (Wildman–Crippen LogP) is 0.0903. The van der Waals surface area contributed by atoms with E-state index >= 15 is 0 Å². The summed E-state index contributed by atoms with van der Waals surface area (Å²) in [6.07, 6.45) is 6.69. The first-order valence-electron chi connectivity index (χ1n) is 9.01. The number of rotatable bonds is 3. The molecule has 1 heterocycles. The number of aliphatic carboxylic acids is 2. The van der Waals surface area contributed by atoms with Crippen LogP contribution in [0.3, 0.4) is 0 Å². The van der Waals surface area contributed by atoms with E-state index in [1.165, 1.54) is 12.8 Å². The summed E-state index contributed by atoms with van der Waals surface area (Å²) in [5.41, 5.74) is 0.584. The normalized spacial score (nSPS) is 26.7. The molecular weight excluding hydrogens is 398 g/mol. The Bertz CT molecular complexity index is 598. The van der Waals surface area contributed by atoms with Gasteiger partial charge >= 0.3 is 17.1 Å². The molecule has 3 aliphatic rings. The van der Waals surface area contributed by atoms with Crippen molar-refractivity contribution in [3.8, 4) is 0 Å². The number of carbonyl (C=O) groups excluding carboxylic acids is 2. The molecule has 8 heteroatoms. The molecule has 0 saturated heterocycles. The fourth-order valence-electron chi connectivity index (χ4n) is 4.21. The minimum atomic E-state index is -1.08. The maximum atomic E-state index is 8.89. The van der Waals surface area contributed by atoms with Crippen molar-refractivity contribution in [1.29, 1.82) is 0 Å². The van der Waals surface area contributed by atoms with E-state index in [4.69, 9.17) is 19.8 Å². The molecule has 0 spiro atoms. The smallest absolute Gasteiger partial charge is 0.550 e. The van der Waals surface area contributed by atoms with E-state index in [1.807, 2.05) is 12.4 Å². The van der Waals surface area contributed by atoms with Gasteiger partial charge in [0.15, 0.2) is 0 Å². The fourth-order valence-corrected chi connectivity index (χ4v) is 4.21. The van der Waals surface area contributed by atoms with E-state index in [1.54, 1.807) is 0 Å².